The number of rotatable bonds is 5. The molecule has 2 aromatic rings. The molecular weight excluding hydrogens is 287 g/mol. The van der Waals surface area contributed by atoms with Crippen LogP contribution in [0.15, 0.2) is 42.5 Å². The highest BCUT2D eigenvalue weighted by Crippen LogP contribution is 2.32. The van der Waals surface area contributed by atoms with E-state index in [-0.39, 0.29) is 31.6 Å². The van der Waals surface area contributed by atoms with Gasteiger partial charge in [0, 0.05) is 6.42 Å². The largest absolute Gasteiger partial charge is 0.461 e. The quantitative estimate of drug-likeness (QED) is 0.795. The van der Waals surface area contributed by atoms with Crippen LogP contribution >= 0.6 is 0 Å². The summed E-state index contributed by atoms with van der Waals surface area (Å²) in [6.45, 7) is 0.412. The lowest BCUT2D eigenvalue weighted by Crippen LogP contribution is -2.06. The molecule has 0 fully saturated rings. The van der Waals surface area contributed by atoms with Crippen molar-refractivity contribution in [2.45, 2.75) is 19.4 Å². The van der Waals surface area contributed by atoms with Gasteiger partial charge in [-0.1, -0.05) is 18.2 Å². The van der Waals surface area contributed by atoms with Crippen molar-refractivity contribution in [3.05, 3.63) is 59.4 Å². The van der Waals surface area contributed by atoms with E-state index in [4.69, 9.17) is 14.2 Å². The first-order chi connectivity index (χ1) is 10.7. The molecule has 2 aromatic carbocycles. The van der Waals surface area contributed by atoms with E-state index in [2.05, 4.69) is 0 Å². The van der Waals surface area contributed by atoms with Crippen LogP contribution in [-0.2, 0) is 22.6 Å². The zero-order valence-electron chi connectivity index (χ0n) is 11.9. The van der Waals surface area contributed by atoms with Gasteiger partial charge in [-0.05, 0) is 41.8 Å². The first-order valence-electron chi connectivity index (χ1n) is 6.99. The third-order valence-corrected chi connectivity index (χ3v) is 3.37. The summed E-state index contributed by atoms with van der Waals surface area (Å²) in [5, 5.41) is 0. The minimum Gasteiger partial charge on any atom is -0.461 e. The van der Waals surface area contributed by atoms with Crippen LogP contribution in [0.25, 0.3) is 0 Å². The van der Waals surface area contributed by atoms with Gasteiger partial charge in [0.1, 0.15) is 12.4 Å². The predicted molar refractivity (Wildman–Crippen MR) is 77.1 cm³/mol. The lowest BCUT2D eigenvalue weighted by Gasteiger charge is -2.06. The average molecular weight is 302 g/mol. The van der Waals surface area contributed by atoms with Crippen molar-refractivity contribution in [2.24, 2.45) is 0 Å². The molecule has 1 heterocycles. The molecular formula is C17H15FO4. The Morgan fingerprint density at radius 1 is 1.05 bits per heavy atom. The maximum Gasteiger partial charge on any atom is 0.306 e. The minimum atomic E-state index is -0.290. The van der Waals surface area contributed by atoms with E-state index in [0.29, 0.717) is 17.9 Å². The normalized spacial score (nSPS) is 12.2. The van der Waals surface area contributed by atoms with Crippen LogP contribution in [0.2, 0.25) is 0 Å². The molecule has 3 rings (SSSR count). The van der Waals surface area contributed by atoms with Crippen molar-refractivity contribution in [3.63, 3.8) is 0 Å². The second-order valence-corrected chi connectivity index (χ2v) is 4.97. The summed E-state index contributed by atoms with van der Waals surface area (Å²) in [5.74, 6) is 0.794. The number of halogens is 1. The molecule has 0 unspecified atom stereocenters. The third kappa shape index (κ3) is 3.55. The van der Waals surface area contributed by atoms with Gasteiger partial charge in [-0.25, -0.2) is 4.39 Å². The Labute approximate surface area is 127 Å². The Balaban J connectivity index is 1.47. The number of esters is 1. The van der Waals surface area contributed by atoms with Crippen molar-refractivity contribution in [1.29, 1.82) is 0 Å². The fourth-order valence-corrected chi connectivity index (χ4v) is 2.16. The summed E-state index contributed by atoms with van der Waals surface area (Å²) in [7, 11) is 0. The van der Waals surface area contributed by atoms with Crippen molar-refractivity contribution in [3.8, 4) is 11.5 Å². The molecule has 1 aliphatic heterocycles. The lowest BCUT2D eigenvalue weighted by atomic mass is 10.1. The highest BCUT2D eigenvalue weighted by atomic mass is 19.1. The van der Waals surface area contributed by atoms with Crippen LogP contribution in [0.4, 0.5) is 4.39 Å². The molecule has 0 bridgehead atoms. The van der Waals surface area contributed by atoms with E-state index in [0.717, 1.165) is 11.1 Å². The summed E-state index contributed by atoms with van der Waals surface area (Å²) in [6, 6.07) is 11.5. The predicted octanol–water partition coefficient (Wildman–Crippen LogP) is 3.23. The van der Waals surface area contributed by atoms with Gasteiger partial charge in [-0.3, -0.25) is 4.79 Å². The average Bonchev–Trinajstić information content (AvgIpc) is 3.00. The van der Waals surface area contributed by atoms with E-state index in [1.54, 1.807) is 24.3 Å². The van der Waals surface area contributed by atoms with Crippen LogP contribution in [-0.4, -0.2) is 12.8 Å². The number of carbonyl (C=O) groups is 1. The zero-order valence-corrected chi connectivity index (χ0v) is 11.9. The molecule has 0 saturated heterocycles. The van der Waals surface area contributed by atoms with Crippen LogP contribution in [0.3, 0.4) is 0 Å². The summed E-state index contributed by atoms with van der Waals surface area (Å²) in [4.78, 5) is 11.7. The van der Waals surface area contributed by atoms with Crippen LogP contribution in [0.1, 0.15) is 17.5 Å². The summed E-state index contributed by atoms with van der Waals surface area (Å²) in [5.41, 5.74) is 1.75. The van der Waals surface area contributed by atoms with Crippen LogP contribution in [0, 0.1) is 5.82 Å². The Morgan fingerprint density at radius 2 is 1.77 bits per heavy atom. The van der Waals surface area contributed by atoms with Crippen molar-refractivity contribution >= 4 is 5.97 Å². The minimum absolute atomic E-state index is 0.193. The molecule has 4 nitrogen and oxygen atoms in total. The monoisotopic (exact) mass is 302 g/mol. The number of aryl methyl sites for hydroxylation is 1. The Morgan fingerprint density at radius 3 is 2.59 bits per heavy atom. The summed E-state index contributed by atoms with van der Waals surface area (Å²) >= 11 is 0. The van der Waals surface area contributed by atoms with Crippen LogP contribution < -0.4 is 9.47 Å². The Kier molecular flexibility index (Phi) is 4.23. The third-order valence-electron chi connectivity index (χ3n) is 3.37. The van der Waals surface area contributed by atoms with E-state index < -0.39 is 0 Å². The van der Waals surface area contributed by atoms with Gasteiger partial charge in [0.15, 0.2) is 11.5 Å². The first-order valence-corrected chi connectivity index (χ1v) is 6.99. The van der Waals surface area contributed by atoms with Crippen molar-refractivity contribution < 1.29 is 23.4 Å². The summed E-state index contributed by atoms with van der Waals surface area (Å²) in [6.07, 6.45) is 0.788. The fourth-order valence-electron chi connectivity index (χ4n) is 2.16. The van der Waals surface area contributed by atoms with E-state index >= 15 is 0 Å². The lowest BCUT2D eigenvalue weighted by molar-refractivity contribution is -0.144. The molecule has 22 heavy (non-hydrogen) atoms. The molecule has 0 atom stereocenters. The topological polar surface area (TPSA) is 44.8 Å². The molecule has 0 radical (unpaired) electrons. The van der Waals surface area contributed by atoms with Gasteiger partial charge >= 0.3 is 5.97 Å². The number of benzene rings is 2. The maximum absolute atomic E-state index is 12.8. The number of carbonyl (C=O) groups excluding carboxylic acids is 1. The standard InChI is InChI=1S/C17H15FO4/c18-14-5-1-12(2-6-14)4-8-17(19)20-10-13-3-7-15-16(9-13)22-11-21-15/h1-3,5-7,9H,4,8,10-11H2. The second kappa shape index (κ2) is 6.47. The number of ether oxygens (including phenoxy) is 3. The zero-order chi connectivity index (χ0) is 15.4. The highest BCUT2D eigenvalue weighted by molar-refractivity contribution is 5.69. The van der Waals surface area contributed by atoms with Gasteiger partial charge < -0.3 is 14.2 Å². The van der Waals surface area contributed by atoms with Gasteiger partial charge in [0.25, 0.3) is 0 Å². The van der Waals surface area contributed by atoms with Crippen molar-refractivity contribution in [2.75, 3.05) is 6.79 Å². The SMILES string of the molecule is O=C(CCc1ccc(F)cc1)OCc1ccc2c(c1)OCO2. The molecule has 0 saturated carbocycles. The molecule has 1 aliphatic rings. The molecule has 0 N–H and O–H groups in total. The molecule has 114 valence electrons. The van der Waals surface area contributed by atoms with Crippen LogP contribution in [0.5, 0.6) is 11.5 Å². The fraction of sp³-hybridized carbons (Fsp3) is 0.235. The molecule has 0 aliphatic carbocycles. The van der Waals surface area contributed by atoms with E-state index in [1.165, 1.54) is 12.1 Å². The molecule has 0 spiro atoms. The first kappa shape index (κ1) is 14.4. The maximum atomic E-state index is 12.8. The van der Waals surface area contributed by atoms with E-state index in [9.17, 15) is 9.18 Å². The van der Waals surface area contributed by atoms with Gasteiger partial charge in [0.05, 0.1) is 0 Å². The van der Waals surface area contributed by atoms with Gasteiger partial charge in [0.2, 0.25) is 6.79 Å². The number of fused-ring (bicyclic) bond motifs is 1. The summed E-state index contributed by atoms with van der Waals surface area (Å²) < 4.78 is 28.5. The highest BCUT2D eigenvalue weighted by Gasteiger charge is 2.13. The van der Waals surface area contributed by atoms with Gasteiger partial charge in [-0.2, -0.15) is 0 Å². The van der Waals surface area contributed by atoms with Gasteiger partial charge in [-0.15, -0.1) is 0 Å². The molecule has 5 heteroatoms. The molecule has 0 aromatic heterocycles. The van der Waals surface area contributed by atoms with Crippen molar-refractivity contribution in [1.82, 2.24) is 0 Å². The Hall–Kier alpha value is -2.56. The molecule has 0 amide bonds. The number of hydrogen-bond acceptors (Lipinski definition) is 4. The van der Waals surface area contributed by atoms with E-state index in [1.807, 2.05) is 6.07 Å². The Bertz CT molecular complexity index is 667. The smallest absolute Gasteiger partial charge is 0.306 e. The second-order valence-electron chi connectivity index (χ2n) is 4.97. The number of hydrogen-bond donors (Lipinski definition) is 0.